The van der Waals surface area contributed by atoms with Crippen molar-refractivity contribution < 1.29 is 4.42 Å². The number of rotatable bonds is 8. The molecular formula is C56H38N2O. The summed E-state index contributed by atoms with van der Waals surface area (Å²) < 4.78 is 7.10. The maximum atomic E-state index is 7.10. The molecule has 0 unspecified atom stereocenters. The molecule has 11 aromatic rings. The second-order valence-electron chi connectivity index (χ2n) is 14.9. The Hall–Kier alpha value is -7.88. The van der Waals surface area contributed by atoms with Gasteiger partial charge in [0.25, 0.3) is 0 Å². The lowest BCUT2D eigenvalue weighted by atomic mass is 9.98. The summed E-state index contributed by atoms with van der Waals surface area (Å²) in [4.78, 5) is 4.69. The molecule has 0 fully saturated rings. The van der Waals surface area contributed by atoms with Crippen molar-refractivity contribution in [1.82, 2.24) is 0 Å². The van der Waals surface area contributed by atoms with Crippen LogP contribution in [0.25, 0.3) is 65.7 Å². The Morgan fingerprint density at radius 1 is 0.271 bits per heavy atom. The fourth-order valence-corrected chi connectivity index (χ4v) is 8.60. The highest BCUT2D eigenvalue weighted by Crippen LogP contribution is 2.48. The standard InChI is InChI=1S/C56H38N2O/c1-4-15-39(16-5-1)40-27-32-47(33-28-40)58(45-22-8-3-9-23-45)54-38-48(37-53-52-36-31-42-18-11-13-25-51(42)55(52)59-56(53)54)57(44-20-6-2-7-21-44)46-34-29-43(30-35-46)50-26-14-19-41-17-10-12-24-49(41)50/h1-38H. The Balaban J connectivity index is 1.15. The van der Waals surface area contributed by atoms with Gasteiger partial charge in [-0.1, -0.05) is 164 Å². The van der Waals surface area contributed by atoms with E-state index in [4.69, 9.17) is 4.42 Å². The molecule has 0 bridgehead atoms. The number of furan rings is 1. The Kier molecular flexibility index (Phi) is 8.49. The number of anilines is 6. The Labute approximate surface area is 343 Å². The summed E-state index contributed by atoms with van der Waals surface area (Å²) in [6.45, 7) is 0. The first-order valence-corrected chi connectivity index (χ1v) is 20.1. The van der Waals surface area contributed by atoms with Crippen LogP contribution in [0.15, 0.2) is 235 Å². The summed E-state index contributed by atoms with van der Waals surface area (Å²) in [5, 5.41) is 6.85. The minimum atomic E-state index is 0.829. The topological polar surface area (TPSA) is 19.6 Å². The van der Waals surface area contributed by atoms with E-state index in [9.17, 15) is 0 Å². The molecule has 278 valence electrons. The molecule has 0 radical (unpaired) electrons. The van der Waals surface area contributed by atoms with Gasteiger partial charge in [0, 0.05) is 44.6 Å². The van der Waals surface area contributed by atoms with Crippen molar-refractivity contribution in [3.63, 3.8) is 0 Å². The lowest BCUT2D eigenvalue weighted by molar-refractivity contribution is 0.673. The molecule has 3 heteroatoms. The van der Waals surface area contributed by atoms with E-state index < -0.39 is 0 Å². The molecule has 59 heavy (non-hydrogen) atoms. The smallest absolute Gasteiger partial charge is 0.159 e. The SMILES string of the molecule is c1ccc(-c2ccc(N(c3ccccc3)c3cc(N(c4ccccc4)c4ccc(-c5cccc6ccccc56)cc4)cc4c3oc3c5ccccc5ccc43)cc2)cc1. The van der Waals surface area contributed by atoms with E-state index in [0.29, 0.717) is 0 Å². The predicted octanol–water partition coefficient (Wildman–Crippen LogP) is 16.2. The van der Waals surface area contributed by atoms with Crippen LogP contribution in [0.2, 0.25) is 0 Å². The van der Waals surface area contributed by atoms with Crippen molar-refractivity contribution in [3.05, 3.63) is 231 Å². The molecule has 0 aliphatic heterocycles. The molecule has 0 aliphatic carbocycles. The monoisotopic (exact) mass is 754 g/mol. The average Bonchev–Trinajstić information content (AvgIpc) is 3.70. The van der Waals surface area contributed by atoms with Crippen LogP contribution >= 0.6 is 0 Å². The molecule has 0 saturated heterocycles. The maximum Gasteiger partial charge on any atom is 0.159 e. The van der Waals surface area contributed by atoms with Gasteiger partial charge >= 0.3 is 0 Å². The number of hydrogen-bond acceptors (Lipinski definition) is 3. The Morgan fingerprint density at radius 3 is 1.47 bits per heavy atom. The van der Waals surface area contributed by atoms with Gasteiger partial charge in [-0.25, -0.2) is 0 Å². The third-order valence-electron chi connectivity index (χ3n) is 11.4. The summed E-state index contributed by atoms with van der Waals surface area (Å²) >= 11 is 0. The molecule has 10 aromatic carbocycles. The minimum Gasteiger partial charge on any atom is -0.453 e. The second-order valence-corrected chi connectivity index (χ2v) is 14.9. The van der Waals surface area contributed by atoms with Crippen LogP contribution in [-0.2, 0) is 0 Å². The summed E-state index contributed by atoms with van der Waals surface area (Å²) in [7, 11) is 0. The molecule has 11 rings (SSSR count). The third kappa shape index (κ3) is 6.17. The van der Waals surface area contributed by atoms with Crippen LogP contribution in [0.5, 0.6) is 0 Å². The van der Waals surface area contributed by atoms with E-state index in [0.717, 1.165) is 66.8 Å². The fourth-order valence-electron chi connectivity index (χ4n) is 8.60. The molecule has 3 nitrogen and oxygen atoms in total. The van der Waals surface area contributed by atoms with Gasteiger partial charge in [0.1, 0.15) is 5.58 Å². The van der Waals surface area contributed by atoms with E-state index >= 15 is 0 Å². The number of nitrogens with zero attached hydrogens (tertiary/aromatic N) is 2. The molecule has 0 amide bonds. The maximum absolute atomic E-state index is 7.10. The first kappa shape index (κ1) is 34.4. The van der Waals surface area contributed by atoms with Crippen LogP contribution < -0.4 is 9.80 Å². The lowest BCUT2D eigenvalue weighted by Crippen LogP contribution is -2.13. The van der Waals surface area contributed by atoms with Crippen molar-refractivity contribution in [2.24, 2.45) is 0 Å². The van der Waals surface area contributed by atoms with E-state index in [-0.39, 0.29) is 0 Å². The van der Waals surface area contributed by atoms with Crippen molar-refractivity contribution in [2.45, 2.75) is 0 Å². The predicted molar refractivity (Wildman–Crippen MR) is 249 cm³/mol. The molecule has 1 aromatic heterocycles. The summed E-state index contributed by atoms with van der Waals surface area (Å²) in [5.74, 6) is 0. The van der Waals surface area contributed by atoms with Crippen molar-refractivity contribution >= 4 is 77.6 Å². The van der Waals surface area contributed by atoms with Crippen molar-refractivity contribution in [2.75, 3.05) is 9.80 Å². The minimum absolute atomic E-state index is 0.829. The molecular weight excluding hydrogens is 717 g/mol. The molecule has 0 atom stereocenters. The normalized spacial score (nSPS) is 11.4. The van der Waals surface area contributed by atoms with Gasteiger partial charge in [0.2, 0.25) is 0 Å². The zero-order valence-electron chi connectivity index (χ0n) is 32.2. The third-order valence-corrected chi connectivity index (χ3v) is 11.4. The molecule has 0 spiro atoms. The van der Waals surface area contributed by atoms with Gasteiger partial charge in [0.15, 0.2) is 5.58 Å². The van der Waals surface area contributed by atoms with Gasteiger partial charge in [0.05, 0.1) is 5.69 Å². The van der Waals surface area contributed by atoms with Crippen LogP contribution in [0, 0.1) is 0 Å². The second kappa shape index (κ2) is 14.6. The van der Waals surface area contributed by atoms with E-state index in [1.165, 1.54) is 33.0 Å². The first-order chi connectivity index (χ1) is 29.3. The number of fused-ring (bicyclic) bond motifs is 6. The van der Waals surface area contributed by atoms with Gasteiger partial charge in [-0.3, -0.25) is 0 Å². The average molecular weight is 755 g/mol. The van der Waals surface area contributed by atoms with Crippen molar-refractivity contribution in [1.29, 1.82) is 0 Å². The highest BCUT2D eigenvalue weighted by Gasteiger charge is 2.24. The van der Waals surface area contributed by atoms with Gasteiger partial charge in [-0.2, -0.15) is 0 Å². The van der Waals surface area contributed by atoms with Gasteiger partial charge in [-0.15, -0.1) is 0 Å². The Morgan fingerprint density at radius 2 is 0.780 bits per heavy atom. The Bertz CT molecular complexity index is 3240. The largest absolute Gasteiger partial charge is 0.453 e. The number of para-hydroxylation sites is 2. The van der Waals surface area contributed by atoms with Gasteiger partial charge < -0.3 is 14.2 Å². The summed E-state index contributed by atoms with van der Waals surface area (Å²) in [6.07, 6.45) is 0. The van der Waals surface area contributed by atoms with E-state index in [1.54, 1.807) is 0 Å². The van der Waals surface area contributed by atoms with Crippen LogP contribution in [-0.4, -0.2) is 0 Å². The zero-order chi connectivity index (χ0) is 39.1. The highest BCUT2D eigenvalue weighted by atomic mass is 16.3. The quantitative estimate of drug-likeness (QED) is 0.154. The zero-order valence-corrected chi connectivity index (χ0v) is 32.2. The van der Waals surface area contributed by atoms with Crippen LogP contribution in [0.4, 0.5) is 34.1 Å². The van der Waals surface area contributed by atoms with Crippen LogP contribution in [0.3, 0.4) is 0 Å². The number of hydrogen-bond donors (Lipinski definition) is 0. The fraction of sp³-hybridized carbons (Fsp3) is 0. The summed E-state index contributed by atoms with van der Waals surface area (Å²) in [6, 6.07) is 82.2. The van der Waals surface area contributed by atoms with E-state index in [1.807, 2.05) is 0 Å². The molecule has 0 saturated carbocycles. The van der Waals surface area contributed by atoms with E-state index in [2.05, 4.69) is 240 Å². The first-order valence-electron chi connectivity index (χ1n) is 20.1. The summed E-state index contributed by atoms with van der Waals surface area (Å²) in [5.41, 5.74) is 12.6. The molecule has 0 aliphatic rings. The number of benzene rings is 10. The highest BCUT2D eigenvalue weighted by molar-refractivity contribution is 6.18. The lowest BCUT2D eigenvalue weighted by Gasteiger charge is -2.30. The molecule has 0 N–H and O–H groups in total. The van der Waals surface area contributed by atoms with Gasteiger partial charge in [-0.05, 0) is 105 Å². The van der Waals surface area contributed by atoms with Crippen LogP contribution in [0.1, 0.15) is 0 Å². The van der Waals surface area contributed by atoms with Crippen molar-refractivity contribution in [3.8, 4) is 22.3 Å². The molecule has 1 heterocycles.